The molecule has 314 valence electrons. The summed E-state index contributed by atoms with van der Waals surface area (Å²) in [6, 6.07) is 82.1. The van der Waals surface area contributed by atoms with Crippen LogP contribution in [0.3, 0.4) is 0 Å². The summed E-state index contributed by atoms with van der Waals surface area (Å²) in [4.78, 5) is 0. The minimum Gasteiger partial charge on any atom is -0.0651 e. The van der Waals surface area contributed by atoms with Crippen LogP contribution in [-0.4, -0.2) is 0 Å². The summed E-state index contributed by atoms with van der Waals surface area (Å²) in [6.45, 7) is 4.52. The van der Waals surface area contributed by atoms with Crippen molar-refractivity contribution in [2.75, 3.05) is 0 Å². The summed E-state index contributed by atoms with van der Waals surface area (Å²) in [5, 5.41) is 15.9. The van der Waals surface area contributed by atoms with Gasteiger partial charge in [0, 0.05) is 0 Å². The summed E-state index contributed by atoms with van der Waals surface area (Å²) in [5.74, 6) is 0. The number of benzene rings is 12. The minimum absolute atomic E-state index is 1.10. The number of hydrogen-bond donors (Lipinski definition) is 0. The van der Waals surface area contributed by atoms with Crippen LogP contribution in [-0.2, 0) is 12.8 Å². The van der Waals surface area contributed by atoms with Gasteiger partial charge in [-0.15, -0.1) is 0 Å². The van der Waals surface area contributed by atoms with Crippen molar-refractivity contribution >= 4 is 64.6 Å². The zero-order valence-electron chi connectivity index (χ0n) is 37.6. The largest absolute Gasteiger partial charge is 0.0651 e. The molecule has 0 aliphatic heterocycles. The van der Waals surface area contributed by atoms with Crippen LogP contribution in [0.5, 0.6) is 0 Å². The van der Waals surface area contributed by atoms with Crippen LogP contribution >= 0.6 is 0 Å². The second-order valence-electron chi connectivity index (χ2n) is 18.2. The molecule has 0 aromatic heterocycles. The first-order chi connectivity index (χ1) is 32.6. The lowest BCUT2D eigenvalue weighted by Crippen LogP contribution is -1.88. The Kier molecular flexibility index (Phi) is 10.0. The third-order valence-electron chi connectivity index (χ3n) is 14.0. The Bertz CT molecular complexity index is 3830. The monoisotopic (exact) mass is 842 g/mol. The van der Waals surface area contributed by atoms with Crippen LogP contribution in [0.15, 0.2) is 218 Å². The number of aryl methyl sites for hydroxylation is 2. The highest BCUT2D eigenvalue weighted by Gasteiger charge is 2.14. The summed E-state index contributed by atoms with van der Waals surface area (Å²) in [5.41, 5.74) is 15.0. The van der Waals surface area contributed by atoms with Crippen molar-refractivity contribution < 1.29 is 0 Å². The summed E-state index contributed by atoms with van der Waals surface area (Å²) in [6.07, 6.45) is 4.49. The molecule has 0 nitrogen and oxygen atoms in total. The fourth-order valence-corrected chi connectivity index (χ4v) is 10.7. The molecule has 12 rings (SSSR count). The van der Waals surface area contributed by atoms with E-state index in [9.17, 15) is 0 Å². The molecule has 0 atom stereocenters. The van der Waals surface area contributed by atoms with Crippen molar-refractivity contribution in [2.24, 2.45) is 0 Å². The fraction of sp³-hybridized carbons (Fsp3) is 0.0909. The van der Waals surface area contributed by atoms with Gasteiger partial charge in [-0.25, -0.2) is 0 Å². The summed E-state index contributed by atoms with van der Waals surface area (Å²) < 4.78 is 0. The lowest BCUT2D eigenvalue weighted by atomic mass is 9.90. The second kappa shape index (κ2) is 16.6. The third-order valence-corrected chi connectivity index (χ3v) is 14.0. The Morgan fingerprint density at radius 2 is 0.455 bits per heavy atom. The van der Waals surface area contributed by atoms with Crippen molar-refractivity contribution in [1.29, 1.82) is 0 Å². The van der Waals surface area contributed by atoms with E-state index in [0.29, 0.717) is 0 Å². The smallest absolute Gasteiger partial charge is 0.00928 e. The standard InChI is InChI=1S/C66H50/c1-3-12-43-24-32-61-63(36-43)57-22-7-5-20-55(57)59-34-30-53(41-65(59)61)51-18-10-15-48(39-51)46-28-26-45(27-29-46)47-14-9-16-49(38-47)50-17-11-19-52(40-50)54-31-35-60-56-21-6-8-23-58(56)64-37-44(13-4-2)25-33-62(64)66(60)42-54/h5-11,14-42H,3-4,12-13H2,1-2H3. The Balaban J connectivity index is 0.841. The van der Waals surface area contributed by atoms with E-state index >= 15 is 0 Å². The predicted octanol–water partition coefficient (Wildman–Crippen LogP) is 18.8. The van der Waals surface area contributed by atoms with Crippen LogP contribution in [0.25, 0.3) is 120 Å². The highest BCUT2D eigenvalue weighted by Crippen LogP contribution is 2.41. The maximum Gasteiger partial charge on any atom is -0.00928 e. The van der Waals surface area contributed by atoms with Gasteiger partial charge in [-0.05, 0) is 175 Å². The maximum absolute atomic E-state index is 2.42. The summed E-state index contributed by atoms with van der Waals surface area (Å²) >= 11 is 0. The Morgan fingerprint density at radius 3 is 0.818 bits per heavy atom. The third kappa shape index (κ3) is 7.02. The average molecular weight is 843 g/mol. The van der Waals surface area contributed by atoms with E-state index in [-0.39, 0.29) is 0 Å². The number of fused-ring (bicyclic) bond motifs is 12. The molecule has 0 heterocycles. The Labute approximate surface area is 387 Å². The maximum atomic E-state index is 2.42. The van der Waals surface area contributed by atoms with Gasteiger partial charge in [0.05, 0.1) is 0 Å². The first-order valence-electron chi connectivity index (χ1n) is 23.8. The average Bonchev–Trinajstić information content (AvgIpc) is 3.39. The molecule has 0 aliphatic rings. The van der Waals surface area contributed by atoms with Gasteiger partial charge in [-0.1, -0.05) is 215 Å². The van der Waals surface area contributed by atoms with Gasteiger partial charge < -0.3 is 0 Å². The van der Waals surface area contributed by atoms with E-state index in [1.165, 1.54) is 131 Å². The molecule has 12 aromatic carbocycles. The van der Waals surface area contributed by atoms with Crippen molar-refractivity contribution in [3.05, 3.63) is 230 Å². The van der Waals surface area contributed by atoms with E-state index in [1.807, 2.05) is 0 Å². The molecular formula is C66H50. The van der Waals surface area contributed by atoms with Crippen molar-refractivity contribution in [1.82, 2.24) is 0 Å². The topological polar surface area (TPSA) is 0 Å². The van der Waals surface area contributed by atoms with Crippen molar-refractivity contribution in [3.8, 4) is 55.6 Å². The van der Waals surface area contributed by atoms with Gasteiger partial charge in [0.2, 0.25) is 0 Å². The fourth-order valence-electron chi connectivity index (χ4n) is 10.7. The van der Waals surface area contributed by atoms with Crippen molar-refractivity contribution in [2.45, 2.75) is 39.5 Å². The quantitative estimate of drug-likeness (QED) is 0.127. The SMILES string of the molecule is CCCc1ccc2c(c1)c1ccccc1c1ccc(-c3cccc(-c4ccc(-c5cccc(-c6cccc(-c7ccc8c9ccccc9c9cc(CCC)ccc9c8c7)c6)c5)cc4)c3)cc12. The van der Waals surface area contributed by atoms with Crippen LogP contribution in [0.4, 0.5) is 0 Å². The lowest BCUT2D eigenvalue weighted by Gasteiger charge is -2.14. The van der Waals surface area contributed by atoms with Gasteiger partial charge in [0.1, 0.15) is 0 Å². The molecule has 0 radical (unpaired) electrons. The van der Waals surface area contributed by atoms with Crippen LogP contribution in [0.2, 0.25) is 0 Å². The van der Waals surface area contributed by atoms with Crippen LogP contribution in [0, 0.1) is 0 Å². The normalized spacial score (nSPS) is 11.7. The molecule has 66 heavy (non-hydrogen) atoms. The molecule has 0 N–H and O–H groups in total. The van der Waals surface area contributed by atoms with Gasteiger partial charge in [-0.3, -0.25) is 0 Å². The molecule has 0 unspecified atom stereocenters. The molecule has 0 heteroatoms. The highest BCUT2D eigenvalue weighted by atomic mass is 14.2. The van der Waals surface area contributed by atoms with E-state index in [2.05, 4.69) is 232 Å². The Hall–Kier alpha value is -7.80. The molecular weight excluding hydrogens is 793 g/mol. The zero-order valence-corrected chi connectivity index (χ0v) is 37.6. The molecule has 0 fully saturated rings. The number of rotatable bonds is 9. The molecule has 0 spiro atoms. The first kappa shape index (κ1) is 39.8. The zero-order chi connectivity index (χ0) is 44.1. The van der Waals surface area contributed by atoms with E-state index < -0.39 is 0 Å². The molecule has 0 aliphatic carbocycles. The lowest BCUT2D eigenvalue weighted by molar-refractivity contribution is 0.924. The predicted molar refractivity (Wildman–Crippen MR) is 287 cm³/mol. The van der Waals surface area contributed by atoms with Crippen LogP contribution < -0.4 is 0 Å². The van der Waals surface area contributed by atoms with E-state index in [1.54, 1.807) is 0 Å². The van der Waals surface area contributed by atoms with E-state index in [4.69, 9.17) is 0 Å². The van der Waals surface area contributed by atoms with Gasteiger partial charge in [-0.2, -0.15) is 0 Å². The van der Waals surface area contributed by atoms with Gasteiger partial charge >= 0.3 is 0 Å². The van der Waals surface area contributed by atoms with Gasteiger partial charge in [0.25, 0.3) is 0 Å². The molecule has 12 aromatic rings. The number of hydrogen-bond acceptors (Lipinski definition) is 0. The van der Waals surface area contributed by atoms with Crippen molar-refractivity contribution in [3.63, 3.8) is 0 Å². The molecule has 0 bridgehead atoms. The Morgan fingerprint density at radius 1 is 0.197 bits per heavy atom. The molecule has 0 amide bonds. The molecule has 0 saturated carbocycles. The van der Waals surface area contributed by atoms with Gasteiger partial charge in [0.15, 0.2) is 0 Å². The summed E-state index contributed by atoms with van der Waals surface area (Å²) in [7, 11) is 0. The van der Waals surface area contributed by atoms with E-state index in [0.717, 1.165) is 25.7 Å². The first-order valence-corrected chi connectivity index (χ1v) is 23.8. The second-order valence-corrected chi connectivity index (χ2v) is 18.2. The molecule has 0 saturated heterocycles. The highest BCUT2D eigenvalue weighted by molar-refractivity contribution is 6.27. The van der Waals surface area contributed by atoms with Crippen LogP contribution in [0.1, 0.15) is 37.8 Å². The minimum atomic E-state index is 1.10.